The lowest BCUT2D eigenvalue weighted by molar-refractivity contribution is -0.0162. The average molecular weight is 223 g/mol. The molecular formula is C14H25NO. The van der Waals surface area contributed by atoms with Gasteiger partial charge in [-0.05, 0) is 32.6 Å². The van der Waals surface area contributed by atoms with Crippen molar-refractivity contribution in [2.45, 2.75) is 77.4 Å². The summed E-state index contributed by atoms with van der Waals surface area (Å²) in [6, 6.07) is 2.37. The standard InChI is InChI=1S/C14H25NO/c1-3-4-5-6-8-12(2)16-14-10-7-9-13(14)11-15/h12-14H,3-10H2,1-2H3. The van der Waals surface area contributed by atoms with E-state index in [9.17, 15) is 0 Å². The summed E-state index contributed by atoms with van der Waals surface area (Å²) >= 11 is 0. The van der Waals surface area contributed by atoms with Crippen molar-refractivity contribution in [3.05, 3.63) is 0 Å². The van der Waals surface area contributed by atoms with Crippen LogP contribution in [0, 0.1) is 17.2 Å². The van der Waals surface area contributed by atoms with E-state index in [1.54, 1.807) is 0 Å². The van der Waals surface area contributed by atoms with Crippen LogP contribution < -0.4 is 0 Å². The molecule has 2 nitrogen and oxygen atoms in total. The minimum absolute atomic E-state index is 0.151. The molecule has 3 unspecified atom stereocenters. The maximum atomic E-state index is 8.97. The van der Waals surface area contributed by atoms with E-state index in [1.165, 1.54) is 25.7 Å². The minimum atomic E-state index is 0.151. The molecule has 0 aromatic rings. The molecule has 1 saturated carbocycles. The predicted molar refractivity (Wildman–Crippen MR) is 66.0 cm³/mol. The maximum absolute atomic E-state index is 8.97. The Morgan fingerprint density at radius 2 is 2.12 bits per heavy atom. The molecule has 1 rings (SSSR count). The Morgan fingerprint density at radius 3 is 2.81 bits per heavy atom. The third-order valence-electron chi connectivity index (χ3n) is 3.49. The summed E-state index contributed by atoms with van der Waals surface area (Å²) in [5.74, 6) is 0.151. The zero-order chi connectivity index (χ0) is 11.8. The molecular weight excluding hydrogens is 198 g/mol. The summed E-state index contributed by atoms with van der Waals surface area (Å²) in [4.78, 5) is 0. The van der Waals surface area contributed by atoms with Gasteiger partial charge in [0.1, 0.15) is 0 Å². The number of nitrogens with zero attached hydrogens (tertiary/aromatic N) is 1. The van der Waals surface area contributed by atoms with Gasteiger partial charge in [-0.25, -0.2) is 0 Å². The van der Waals surface area contributed by atoms with Crippen LogP contribution >= 0.6 is 0 Å². The van der Waals surface area contributed by atoms with Crippen molar-refractivity contribution in [1.29, 1.82) is 5.26 Å². The Labute approximate surface area is 100.0 Å². The molecule has 0 aromatic heterocycles. The highest BCUT2D eigenvalue weighted by Gasteiger charge is 2.28. The van der Waals surface area contributed by atoms with E-state index in [0.717, 1.165) is 25.7 Å². The van der Waals surface area contributed by atoms with Crippen LogP contribution in [-0.4, -0.2) is 12.2 Å². The highest BCUT2D eigenvalue weighted by molar-refractivity contribution is 4.93. The summed E-state index contributed by atoms with van der Waals surface area (Å²) in [6.07, 6.45) is 10.2. The molecule has 0 saturated heterocycles. The van der Waals surface area contributed by atoms with Gasteiger partial charge in [-0.2, -0.15) is 5.26 Å². The number of ether oxygens (including phenoxy) is 1. The topological polar surface area (TPSA) is 33.0 Å². The van der Waals surface area contributed by atoms with Gasteiger partial charge in [-0.1, -0.05) is 32.6 Å². The van der Waals surface area contributed by atoms with Crippen molar-refractivity contribution in [3.63, 3.8) is 0 Å². The number of hydrogen-bond acceptors (Lipinski definition) is 2. The van der Waals surface area contributed by atoms with Crippen LogP contribution in [0.25, 0.3) is 0 Å². The van der Waals surface area contributed by atoms with Crippen LogP contribution in [-0.2, 0) is 4.74 Å². The first kappa shape index (κ1) is 13.5. The summed E-state index contributed by atoms with van der Waals surface area (Å²) in [5, 5.41) is 8.97. The average Bonchev–Trinajstić information content (AvgIpc) is 2.71. The zero-order valence-corrected chi connectivity index (χ0v) is 10.7. The van der Waals surface area contributed by atoms with E-state index in [2.05, 4.69) is 19.9 Å². The molecule has 0 spiro atoms. The quantitative estimate of drug-likeness (QED) is 0.610. The van der Waals surface area contributed by atoms with Gasteiger partial charge in [0.2, 0.25) is 0 Å². The van der Waals surface area contributed by atoms with Crippen molar-refractivity contribution in [2.75, 3.05) is 0 Å². The molecule has 0 radical (unpaired) electrons. The van der Waals surface area contributed by atoms with Gasteiger partial charge in [0.05, 0.1) is 24.2 Å². The van der Waals surface area contributed by atoms with Crippen molar-refractivity contribution in [1.82, 2.24) is 0 Å². The van der Waals surface area contributed by atoms with E-state index in [0.29, 0.717) is 6.10 Å². The lowest BCUT2D eigenvalue weighted by atomic mass is 10.1. The van der Waals surface area contributed by atoms with Crippen LogP contribution in [0.3, 0.4) is 0 Å². The molecule has 0 bridgehead atoms. The molecule has 0 aromatic carbocycles. The smallest absolute Gasteiger partial charge is 0.0736 e. The predicted octanol–water partition coefficient (Wildman–Crippen LogP) is 4.05. The molecule has 2 heteroatoms. The van der Waals surface area contributed by atoms with E-state index < -0.39 is 0 Å². The zero-order valence-electron chi connectivity index (χ0n) is 10.7. The van der Waals surface area contributed by atoms with Gasteiger partial charge in [0, 0.05) is 0 Å². The number of nitriles is 1. The fraction of sp³-hybridized carbons (Fsp3) is 0.929. The summed E-state index contributed by atoms with van der Waals surface area (Å²) in [6.45, 7) is 4.38. The maximum Gasteiger partial charge on any atom is 0.0736 e. The first-order valence-corrected chi connectivity index (χ1v) is 6.83. The first-order chi connectivity index (χ1) is 7.77. The molecule has 1 aliphatic rings. The van der Waals surface area contributed by atoms with Crippen LogP contribution in [0.4, 0.5) is 0 Å². The van der Waals surface area contributed by atoms with Crippen LogP contribution in [0.15, 0.2) is 0 Å². The van der Waals surface area contributed by atoms with Crippen LogP contribution in [0.1, 0.15) is 65.2 Å². The Kier molecular flexibility index (Phi) is 6.49. The molecule has 1 fully saturated rings. The van der Waals surface area contributed by atoms with Crippen molar-refractivity contribution < 1.29 is 4.74 Å². The van der Waals surface area contributed by atoms with E-state index in [1.807, 2.05) is 0 Å². The van der Waals surface area contributed by atoms with E-state index in [4.69, 9.17) is 10.00 Å². The van der Waals surface area contributed by atoms with Crippen LogP contribution in [0.2, 0.25) is 0 Å². The molecule has 0 heterocycles. The van der Waals surface area contributed by atoms with Gasteiger partial charge in [-0.3, -0.25) is 0 Å². The van der Waals surface area contributed by atoms with Crippen molar-refractivity contribution in [2.24, 2.45) is 5.92 Å². The Morgan fingerprint density at radius 1 is 1.31 bits per heavy atom. The second-order valence-electron chi connectivity index (χ2n) is 5.00. The lowest BCUT2D eigenvalue weighted by Gasteiger charge is -2.20. The largest absolute Gasteiger partial charge is 0.374 e. The van der Waals surface area contributed by atoms with E-state index >= 15 is 0 Å². The van der Waals surface area contributed by atoms with Gasteiger partial charge >= 0.3 is 0 Å². The lowest BCUT2D eigenvalue weighted by Crippen LogP contribution is -2.22. The van der Waals surface area contributed by atoms with Crippen molar-refractivity contribution >= 4 is 0 Å². The molecule has 16 heavy (non-hydrogen) atoms. The van der Waals surface area contributed by atoms with Gasteiger partial charge < -0.3 is 4.74 Å². The van der Waals surface area contributed by atoms with Gasteiger partial charge in [0.15, 0.2) is 0 Å². The molecule has 92 valence electrons. The molecule has 3 atom stereocenters. The van der Waals surface area contributed by atoms with Crippen LogP contribution in [0.5, 0.6) is 0 Å². The molecule has 0 aliphatic heterocycles. The Hall–Kier alpha value is -0.550. The number of rotatable bonds is 7. The van der Waals surface area contributed by atoms with Crippen molar-refractivity contribution in [3.8, 4) is 6.07 Å². The Bertz CT molecular complexity index is 221. The highest BCUT2D eigenvalue weighted by Crippen LogP contribution is 2.29. The van der Waals surface area contributed by atoms with Gasteiger partial charge in [0.25, 0.3) is 0 Å². The monoisotopic (exact) mass is 223 g/mol. The normalized spacial score (nSPS) is 26.6. The summed E-state index contributed by atoms with van der Waals surface area (Å²) in [7, 11) is 0. The molecule has 0 amide bonds. The fourth-order valence-electron chi connectivity index (χ4n) is 2.46. The highest BCUT2D eigenvalue weighted by atomic mass is 16.5. The Balaban J connectivity index is 2.13. The molecule has 1 aliphatic carbocycles. The van der Waals surface area contributed by atoms with Gasteiger partial charge in [-0.15, -0.1) is 0 Å². The number of hydrogen-bond donors (Lipinski definition) is 0. The molecule has 0 N–H and O–H groups in total. The SMILES string of the molecule is CCCCCCC(C)OC1CCCC1C#N. The second-order valence-corrected chi connectivity index (χ2v) is 5.00. The second kappa shape index (κ2) is 7.68. The number of unbranched alkanes of at least 4 members (excludes halogenated alkanes) is 3. The van der Waals surface area contributed by atoms with E-state index in [-0.39, 0.29) is 12.0 Å². The third-order valence-corrected chi connectivity index (χ3v) is 3.49. The summed E-state index contributed by atoms with van der Waals surface area (Å²) < 4.78 is 5.97. The minimum Gasteiger partial charge on any atom is -0.374 e. The third kappa shape index (κ3) is 4.53. The fourth-order valence-corrected chi connectivity index (χ4v) is 2.46. The summed E-state index contributed by atoms with van der Waals surface area (Å²) in [5.41, 5.74) is 0. The first-order valence-electron chi connectivity index (χ1n) is 6.83.